The number of nitrogens with zero attached hydrogens (tertiary/aromatic N) is 1. The first kappa shape index (κ1) is 10.7. The molecule has 3 heteroatoms. The van der Waals surface area contributed by atoms with E-state index in [0.29, 0.717) is 0 Å². The summed E-state index contributed by atoms with van der Waals surface area (Å²) in [7, 11) is 1.66. The molecule has 2 aromatic rings. The Morgan fingerprint density at radius 2 is 2.00 bits per heavy atom. The lowest BCUT2D eigenvalue weighted by Crippen LogP contribution is -2.06. The highest BCUT2D eigenvalue weighted by atomic mass is 16.5. The third-order valence-electron chi connectivity index (χ3n) is 2.92. The van der Waals surface area contributed by atoms with Crippen LogP contribution in [0.1, 0.15) is 23.0 Å². The lowest BCUT2D eigenvalue weighted by molar-refractivity contribution is 0.0940. The van der Waals surface area contributed by atoms with Crippen LogP contribution in [0.15, 0.2) is 18.2 Å². The maximum absolute atomic E-state index is 11.5. The largest absolute Gasteiger partial charge is 0.496 e. The molecule has 1 aromatic heterocycles. The second-order valence-corrected chi connectivity index (χ2v) is 3.97. The quantitative estimate of drug-likeness (QED) is 0.735. The molecule has 0 fully saturated rings. The average molecular weight is 217 g/mol. The predicted molar refractivity (Wildman–Crippen MR) is 64.3 cm³/mol. The second kappa shape index (κ2) is 3.67. The van der Waals surface area contributed by atoms with Gasteiger partial charge < -0.3 is 4.74 Å². The molecule has 16 heavy (non-hydrogen) atoms. The fourth-order valence-corrected chi connectivity index (χ4v) is 2.17. The van der Waals surface area contributed by atoms with E-state index in [2.05, 4.69) is 0 Å². The molecular weight excluding hydrogens is 202 g/mol. The van der Waals surface area contributed by atoms with Crippen LogP contribution in [0.4, 0.5) is 0 Å². The summed E-state index contributed by atoms with van der Waals surface area (Å²) in [5, 5.41) is 1.08. The van der Waals surface area contributed by atoms with Gasteiger partial charge in [-0.15, -0.1) is 0 Å². The van der Waals surface area contributed by atoms with Crippen LogP contribution in [-0.4, -0.2) is 17.6 Å². The Bertz CT molecular complexity index is 567. The first-order chi connectivity index (χ1) is 7.56. The first-order valence-electron chi connectivity index (χ1n) is 5.23. The third kappa shape index (κ3) is 1.40. The Morgan fingerprint density at radius 3 is 2.56 bits per heavy atom. The molecule has 0 N–H and O–H groups in total. The van der Waals surface area contributed by atoms with Crippen LogP contribution in [-0.2, 0) is 0 Å². The van der Waals surface area contributed by atoms with Crippen molar-refractivity contribution in [1.29, 1.82) is 0 Å². The summed E-state index contributed by atoms with van der Waals surface area (Å²) in [5.74, 6) is 0.894. The number of ether oxygens (including phenoxy) is 1. The van der Waals surface area contributed by atoms with E-state index in [-0.39, 0.29) is 5.91 Å². The van der Waals surface area contributed by atoms with Crippen molar-refractivity contribution in [2.24, 2.45) is 0 Å². The maximum atomic E-state index is 11.5. The van der Waals surface area contributed by atoms with Crippen LogP contribution in [0.2, 0.25) is 0 Å². The third-order valence-corrected chi connectivity index (χ3v) is 2.92. The summed E-state index contributed by atoms with van der Waals surface area (Å²) >= 11 is 0. The smallest absolute Gasteiger partial charge is 0.228 e. The fourth-order valence-electron chi connectivity index (χ4n) is 2.17. The van der Waals surface area contributed by atoms with Gasteiger partial charge in [0.2, 0.25) is 5.91 Å². The van der Waals surface area contributed by atoms with Gasteiger partial charge in [0.15, 0.2) is 0 Å². The number of benzene rings is 1. The zero-order valence-corrected chi connectivity index (χ0v) is 10.00. The highest BCUT2D eigenvalue weighted by Crippen LogP contribution is 2.29. The number of methoxy groups -OCH3 is 1. The van der Waals surface area contributed by atoms with E-state index in [9.17, 15) is 4.79 Å². The SMILES string of the molecule is COc1ccc2c(cc(C)n2C(C)=O)c1C. The van der Waals surface area contributed by atoms with Crippen molar-refractivity contribution in [2.75, 3.05) is 7.11 Å². The summed E-state index contributed by atoms with van der Waals surface area (Å²) in [6.07, 6.45) is 0. The van der Waals surface area contributed by atoms with Crippen LogP contribution >= 0.6 is 0 Å². The highest BCUT2D eigenvalue weighted by molar-refractivity contribution is 5.95. The lowest BCUT2D eigenvalue weighted by atomic mass is 10.1. The number of carbonyl (C=O) groups is 1. The van der Waals surface area contributed by atoms with E-state index in [0.717, 1.165) is 27.9 Å². The monoisotopic (exact) mass is 217 g/mol. The van der Waals surface area contributed by atoms with Gasteiger partial charge in [0, 0.05) is 23.6 Å². The standard InChI is InChI=1S/C13H15NO2/c1-8-7-11-9(2)13(16-4)6-5-12(11)14(8)10(3)15/h5-7H,1-4H3. The van der Waals surface area contributed by atoms with Crippen molar-refractivity contribution in [3.8, 4) is 5.75 Å². The summed E-state index contributed by atoms with van der Waals surface area (Å²) < 4.78 is 6.99. The molecule has 0 atom stereocenters. The van der Waals surface area contributed by atoms with Crippen LogP contribution in [0.5, 0.6) is 5.75 Å². The molecular formula is C13H15NO2. The minimum Gasteiger partial charge on any atom is -0.496 e. The van der Waals surface area contributed by atoms with Crippen LogP contribution in [0.3, 0.4) is 0 Å². The maximum Gasteiger partial charge on any atom is 0.228 e. The molecule has 0 spiro atoms. The molecule has 0 aliphatic heterocycles. The number of aryl methyl sites for hydroxylation is 2. The topological polar surface area (TPSA) is 31.2 Å². The second-order valence-electron chi connectivity index (χ2n) is 3.97. The van der Waals surface area contributed by atoms with Crippen molar-refractivity contribution in [1.82, 2.24) is 4.57 Å². The van der Waals surface area contributed by atoms with E-state index in [4.69, 9.17) is 4.74 Å². The molecule has 0 bridgehead atoms. The van der Waals surface area contributed by atoms with Gasteiger partial charge in [-0.1, -0.05) is 0 Å². The van der Waals surface area contributed by atoms with Gasteiger partial charge in [-0.25, -0.2) is 0 Å². The first-order valence-corrected chi connectivity index (χ1v) is 5.23. The summed E-state index contributed by atoms with van der Waals surface area (Å²) in [5.41, 5.74) is 2.98. The molecule has 1 heterocycles. The van der Waals surface area contributed by atoms with Gasteiger partial charge in [-0.2, -0.15) is 0 Å². The van der Waals surface area contributed by atoms with E-state index in [1.165, 1.54) is 0 Å². The number of hydrogen-bond acceptors (Lipinski definition) is 2. The van der Waals surface area contributed by atoms with E-state index in [1.54, 1.807) is 18.6 Å². The van der Waals surface area contributed by atoms with Crippen LogP contribution in [0, 0.1) is 13.8 Å². The summed E-state index contributed by atoms with van der Waals surface area (Å²) in [6.45, 7) is 5.52. The summed E-state index contributed by atoms with van der Waals surface area (Å²) in [6, 6.07) is 5.85. The minimum atomic E-state index is 0.0390. The lowest BCUT2D eigenvalue weighted by Gasteiger charge is -2.06. The minimum absolute atomic E-state index is 0.0390. The van der Waals surface area contributed by atoms with Crippen LogP contribution < -0.4 is 4.74 Å². The number of fused-ring (bicyclic) bond motifs is 1. The molecule has 3 nitrogen and oxygen atoms in total. The van der Waals surface area contributed by atoms with E-state index >= 15 is 0 Å². The Kier molecular flexibility index (Phi) is 2.46. The Morgan fingerprint density at radius 1 is 1.31 bits per heavy atom. The van der Waals surface area contributed by atoms with Gasteiger partial charge >= 0.3 is 0 Å². The van der Waals surface area contributed by atoms with E-state index < -0.39 is 0 Å². The van der Waals surface area contributed by atoms with Gasteiger partial charge in [0.25, 0.3) is 0 Å². The summed E-state index contributed by atoms with van der Waals surface area (Å²) in [4.78, 5) is 11.5. The number of hydrogen-bond donors (Lipinski definition) is 0. The van der Waals surface area contributed by atoms with Gasteiger partial charge in [0.05, 0.1) is 12.6 Å². The predicted octanol–water partition coefficient (Wildman–Crippen LogP) is 2.93. The van der Waals surface area contributed by atoms with Crippen LogP contribution in [0.25, 0.3) is 10.9 Å². The molecule has 0 saturated heterocycles. The number of carbonyl (C=O) groups excluding carboxylic acids is 1. The number of rotatable bonds is 1. The number of aromatic nitrogens is 1. The zero-order chi connectivity index (χ0) is 11.9. The van der Waals surface area contributed by atoms with Gasteiger partial charge in [0.1, 0.15) is 5.75 Å². The Labute approximate surface area is 94.6 Å². The Hall–Kier alpha value is -1.77. The molecule has 1 aromatic carbocycles. The molecule has 0 saturated carbocycles. The average Bonchev–Trinajstić information content (AvgIpc) is 2.56. The molecule has 0 unspecified atom stereocenters. The fraction of sp³-hybridized carbons (Fsp3) is 0.308. The van der Waals surface area contributed by atoms with Crippen molar-refractivity contribution in [3.05, 3.63) is 29.5 Å². The molecule has 2 rings (SSSR count). The van der Waals surface area contributed by atoms with Crippen molar-refractivity contribution < 1.29 is 9.53 Å². The van der Waals surface area contributed by atoms with Gasteiger partial charge in [-0.3, -0.25) is 9.36 Å². The molecule has 0 radical (unpaired) electrons. The van der Waals surface area contributed by atoms with Crippen molar-refractivity contribution in [2.45, 2.75) is 20.8 Å². The van der Waals surface area contributed by atoms with Crippen molar-refractivity contribution in [3.63, 3.8) is 0 Å². The Balaban J connectivity index is 2.84. The zero-order valence-electron chi connectivity index (χ0n) is 10.00. The normalized spacial score (nSPS) is 10.8. The molecule has 0 aliphatic carbocycles. The molecule has 0 aliphatic rings. The van der Waals surface area contributed by atoms with Crippen molar-refractivity contribution >= 4 is 16.8 Å². The molecule has 0 amide bonds. The molecule has 84 valence electrons. The van der Waals surface area contributed by atoms with E-state index in [1.807, 2.05) is 32.0 Å². The van der Waals surface area contributed by atoms with Gasteiger partial charge in [-0.05, 0) is 32.0 Å². The highest BCUT2D eigenvalue weighted by Gasteiger charge is 2.12.